The first-order valence-corrected chi connectivity index (χ1v) is 7.01. The normalized spacial score (nSPS) is 10.2. The van der Waals surface area contributed by atoms with Gasteiger partial charge in [-0.1, -0.05) is 18.7 Å². The third kappa shape index (κ3) is 4.13. The van der Waals surface area contributed by atoms with Gasteiger partial charge in [0, 0.05) is 17.5 Å². The Morgan fingerprint density at radius 2 is 2.00 bits per heavy atom. The van der Waals surface area contributed by atoms with Crippen molar-refractivity contribution in [2.75, 3.05) is 19.0 Å². The molecule has 2 aromatic rings. The highest BCUT2D eigenvalue weighted by molar-refractivity contribution is 7.99. The minimum atomic E-state index is 0.859. The number of ether oxygens (including phenoxy) is 1. The van der Waals surface area contributed by atoms with Gasteiger partial charge in [-0.05, 0) is 30.7 Å². The van der Waals surface area contributed by atoms with Gasteiger partial charge >= 0.3 is 0 Å². The number of benzene rings is 1. The van der Waals surface area contributed by atoms with Crippen molar-refractivity contribution >= 4 is 17.6 Å². The molecule has 0 atom stereocenters. The van der Waals surface area contributed by atoms with Gasteiger partial charge in [-0.15, -0.1) is 0 Å². The van der Waals surface area contributed by atoms with E-state index in [1.165, 1.54) is 0 Å². The molecular formula is C14H17N3OS. The Labute approximate surface area is 117 Å². The molecule has 0 saturated carbocycles. The second kappa shape index (κ2) is 6.99. The third-order valence-electron chi connectivity index (χ3n) is 2.48. The summed E-state index contributed by atoms with van der Waals surface area (Å²) in [5.41, 5.74) is 0. The second-order valence-corrected chi connectivity index (χ2v) is 5.04. The molecule has 5 heteroatoms. The molecule has 0 spiro atoms. The van der Waals surface area contributed by atoms with Crippen molar-refractivity contribution in [2.45, 2.75) is 23.3 Å². The average Bonchev–Trinajstić information content (AvgIpc) is 2.46. The zero-order valence-electron chi connectivity index (χ0n) is 11.1. The van der Waals surface area contributed by atoms with Crippen LogP contribution in [-0.4, -0.2) is 23.6 Å². The van der Waals surface area contributed by atoms with E-state index in [0.717, 1.165) is 34.5 Å². The van der Waals surface area contributed by atoms with E-state index in [-0.39, 0.29) is 0 Å². The SMILES string of the molecule is CCCNc1cc(Sc2ccc(OC)cc2)ncn1. The number of aromatic nitrogens is 2. The highest BCUT2D eigenvalue weighted by Gasteiger charge is 2.01. The van der Waals surface area contributed by atoms with E-state index in [2.05, 4.69) is 22.2 Å². The van der Waals surface area contributed by atoms with Crippen LogP contribution in [0.1, 0.15) is 13.3 Å². The van der Waals surface area contributed by atoms with Crippen LogP contribution in [0.15, 0.2) is 46.6 Å². The van der Waals surface area contributed by atoms with Crippen LogP contribution in [0, 0.1) is 0 Å². The molecule has 1 aromatic heterocycles. The van der Waals surface area contributed by atoms with Crippen molar-refractivity contribution in [3.05, 3.63) is 36.7 Å². The molecule has 0 aliphatic heterocycles. The van der Waals surface area contributed by atoms with Crippen molar-refractivity contribution in [3.63, 3.8) is 0 Å². The lowest BCUT2D eigenvalue weighted by Crippen LogP contribution is -2.02. The second-order valence-electron chi connectivity index (χ2n) is 3.95. The van der Waals surface area contributed by atoms with Gasteiger partial charge in [0.2, 0.25) is 0 Å². The van der Waals surface area contributed by atoms with Crippen LogP contribution in [0.25, 0.3) is 0 Å². The molecule has 1 heterocycles. The first-order valence-electron chi connectivity index (χ1n) is 6.19. The van der Waals surface area contributed by atoms with Crippen molar-refractivity contribution in [1.29, 1.82) is 0 Å². The van der Waals surface area contributed by atoms with E-state index in [1.54, 1.807) is 25.2 Å². The largest absolute Gasteiger partial charge is 0.497 e. The van der Waals surface area contributed by atoms with E-state index in [1.807, 2.05) is 30.3 Å². The predicted molar refractivity (Wildman–Crippen MR) is 77.9 cm³/mol. The average molecular weight is 275 g/mol. The van der Waals surface area contributed by atoms with E-state index in [4.69, 9.17) is 4.74 Å². The molecule has 0 bridgehead atoms. The number of methoxy groups -OCH3 is 1. The lowest BCUT2D eigenvalue weighted by Gasteiger charge is -2.06. The monoisotopic (exact) mass is 275 g/mol. The predicted octanol–water partition coefficient (Wildman–Crippen LogP) is 3.46. The number of hydrogen-bond acceptors (Lipinski definition) is 5. The van der Waals surface area contributed by atoms with Crippen LogP contribution >= 0.6 is 11.8 Å². The molecule has 100 valence electrons. The molecule has 19 heavy (non-hydrogen) atoms. The summed E-state index contributed by atoms with van der Waals surface area (Å²) < 4.78 is 5.14. The summed E-state index contributed by atoms with van der Waals surface area (Å²) in [6.45, 7) is 3.05. The van der Waals surface area contributed by atoms with E-state index < -0.39 is 0 Å². The van der Waals surface area contributed by atoms with Crippen LogP contribution in [0.2, 0.25) is 0 Å². The topological polar surface area (TPSA) is 47.0 Å². The fourth-order valence-corrected chi connectivity index (χ4v) is 2.29. The van der Waals surface area contributed by atoms with E-state index in [9.17, 15) is 0 Å². The van der Waals surface area contributed by atoms with Crippen molar-refractivity contribution < 1.29 is 4.74 Å². The fourth-order valence-electron chi connectivity index (χ4n) is 1.51. The summed E-state index contributed by atoms with van der Waals surface area (Å²) in [4.78, 5) is 9.58. The maximum absolute atomic E-state index is 5.14. The van der Waals surface area contributed by atoms with Gasteiger partial charge in [0.25, 0.3) is 0 Å². The van der Waals surface area contributed by atoms with Crippen LogP contribution in [0.5, 0.6) is 5.75 Å². The maximum Gasteiger partial charge on any atom is 0.130 e. The molecule has 0 saturated heterocycles. The van der Waals surface area contributed by atoms with Gasteiger partial charge in [-0.2, -0.15) is 0 Å². The lowest BCUT2D eigenvalue weighted by molar-refractivity contribution is 0.414. The molecule has 0 amide bonds. The minimum Gasteiger partial charge on any atom is -0.497 e. The molecule has 1 aromatic carbocycles. The Morgan fingerprint density at radius 1 is 1.21 bits per heavy atom. The molecule has 0 fully saturated rings. The van der Waals surface area contributed by atoms with E-state index in [0.29, 0.717) is 0 Å². The lowest BCUT2D eigenvalue weighted by atomic mass is 10.3. The molecule has 2 rings (SSSR count). The molecule has 0 aliphatic rings. The van der Waals surface area contributed by atoms with Crippen LogP contribution in [0.3, 0.4) is 0 Å². The van der Waals surface area contributed by atoms with Gasteiger partial charge < -0.3 is 10.1 Å². The fraction of sp³-hybridized carbons (Fsp3) is 0.286. The van der Waals surface area contributed by atoms with Gasteiger partial charge in [0.15, 0.2) is 0 Å². The Balaban J connectivity index is 2.05. The summed E-state index contributed by atoms with van der Waals surface area (Å²) in [6.07, 6.45) is 2.66. The van der Waals surface area contributed by atoms with E-state index >= 15 is 0 Å². The molecule has 0 aliphatic carbocycles. The molecular weight excluding hydrogens is 258 g/mol. The first-order chi connectivity index (χ1) is 9.31. The number of anilines is 1. The summed E-state index contributed by atoms with van der Waals surface area (Å²) in [5, 5.41) is 4.18. The number of nitrogens with one attached hydrogen (secondary N) is 1. The molecule has 0 unspecified atom stereocenters. The van der Waals surface area contributed by atoms with Gasteiger partial charge in [0.1, 0.15) is 22.9 Å². The van der Waals surface area contributed by atoms with Gasteiger partial charge in [0.05, 0.1) is 7.11 Å². The third-order valence-corrected chi connectivity index (χ3v) is 3.42. The quantitative estimate of drug-likeness (QED) is 0.818. The summed E-state index contributed by atoms with van der Waals surface area (Å²) in [5.74, 6) is 1.73. The Hall–Kier alpha value is -1.75. The van der Waals surface area contributed by atoms with Crippen molar-refractivity contribution in [3.8, 4) is 5.75 Å². The molecule has 4 nitrogen and oxygen atoms in total. The van der Waals surface area contributed by atoms with Crippen LogP contribution in [0.4, 0.5) is 5.82 Å². The zero-order chi connectivity index (χ0) is 13.5. The van der Waals surface area contributed by atoms with Crippen molar-refractivity contribution in [2.24, 2.45) is 0 Å². The summed E-state index contributed by atoms with van der Waals surface area (Å²) in [7, 11) is 1.66. The molecule has 0 radical (unpaired) electrons. The van der Waals surface area contributed by atoms with Gasteiger partial charge in [-0.25, -0.2) is 9.97 Å². The highest BCUT2D eigenvalue weighted by atomic mass is 32.2. The zero-order valence-corrected chi connectivity index (χ0v) is 11.9. The van der Waals surface area contributed by atoms with Crippen LogP contribution < -0.4 is 10.1 Å². The number of hydrogen-bond donors (Lipinski definition) is 1. The highest BCUT2D eigenvalue weighted by Crippen LogP contribution is 2.28. The standard InChI is InChI=1S/C14H17N3OS/c1-3-8-15-13-9-14(17-10-16-13)19-12-6-4-11(18-2)5-7-12/h4-7,9-10H,3,8H2,1-2H3,(H,15,16,17). The van der Waals surface area contributed by atoms with Crippen LogP contribution in [-0.2, 0) is 0 Å². The maximum atomic E-state index is 5.14. The first kappa shape index (κ1) is 13.7. The number of nitrogens with zero attached hydrogens (tertiary/aromatic N) is 2. The Kier molecular flexibility index (Phi) is 5.03. The summed E-state index contributed by atoms with van der Waals surface area (Å²) in [6, 6.07) is 9.89. The van der Waals surface area contributed by atoms with Gasteiger partial charge in [-0.3, -0.25) is 0 Å². The smallest absolute Gasteiger partial charge is 0.130 e. The summed E-state index contributed by atoms with van der Waals surface area (Å²) >= 11 is 1.61. The molecule has 1 N–H and O–H groups in total. The Bertz CT molecular complexity index is 516. The minimum absolute atomic E-state index is 0.859. The Morgan fingerprint density at radius 3 is 2.68 bits per heavy atom. The number of rotatable bonds is 6. The van der Waals surface area contributed by atoms with Crippen molar-refractivity contribution in [1.82, 2.24) is 9.97 Å².